The number of aromatic nitrogens is 1. The summed E-state index contributed by atoms with van der Waals surface area (Å²) in [5, 5.41) is 2.44. The van der Waals surface area contributed by atoms with Crippen LogP contribution in [0.3, 0.4) is 0 Å². The van der Waals surface area contributed by atoms with Crippen molar-refractivity contribution in [1.29, 1.82) is 0 Å². The molecule has 94 valence electrons. The van der Waals surface area contributed by atoms with Crippen molar-refractivity contribution in [3.8, 4) is 0 Å². The Bertz CT molecular complexity index is 551. The van der Waals surface area contributed by atoms with Crippen LogP contribution in [0.5, 0.6) is 0 Å². The highest BCUT2D eigenvalue weighted by Gasteiger charge is 2.36. The average molecular weight is 240 g/mol. The number of benzene rings is 1. The largest absolute Gasteiger partial charge is 0.323 e. The van der Waals surface area contributed by atoms with Crippen molar-refractivity contribution in [1.82, 2.24) is 4.98 Å². The first-order valence-corrected chi connectivity index (χ1v) is 6.79. The van der Waals surface area contributed by atoms with E-state index in [1.54, 1.807) is 0 Å². The molecule has 1 saturated carbocycles. The van der Waals surface area contributed by atoms with Gasteiger partial charge in [0.2, 0.25) is 0 Å². The van der Waals surface area contributed by atoms with Crippen molar-refractivity contribution in [2.45, 2.75) is 38.6 Å². The molecule has 1 fully saturated rings. The lowest BCUT2D eigenvalue weighted by Crippen LogP contribution is -2.29. The van der Waals surface area contributed by atoms with Crippen LogP contribution in [0.25, 0.3) is 10.8 Å². The third-order valence-corrected chi connectivity index (χ3v) is 4.53. The molecule has 0 bridgehead atoms. The van der Waals surface area contributed by atoms with E-state index in [9.17, 15) is 0 Å². The molecule has 0 aliphatic heterocycles. The van der Waals surface area contributed by atoms with E-state index in [1.165, 1.54) is 42.0 Å². The fraction of sp³-hybridized carbons (Fsp3) is 0.438. The lowest BCUT2D eigenvalue weighted by molar-refractivity contribution is 0.266. The van der Waals surface area contributed by atoms with Crippen LogP contribution in [-0.2, 0) is 0 Å². The Balaban J connectivity index is 2.08. The number of nitrogens with zero attached hydrogens (tertiary/aromatic N) is 1. The number of nitrogens with two attached hydrogens (primary N) is 1. The van der Waals surface area contributed by atoms with E-state index in [0.717, 1.165) is 0 Å². The number of hydrogen-bond acceptors (Lipinski definition) is 2. The third-order valence-electron chi connectivity index (χ3n) is 4.53. The van der Waals surface area contributed by atoms with E-state index in [2.05, 4.69) is 36.2 Å². The quantitative estimate of drug-likeness (QED) is 0.866. The van der Waals surface area contributed by atoms with Crippen LogP contribution in [0.1, 0.15) is 44.2 Å². The monoisotopic (exact) mass is 240 g/mol. The molecule has 0 radical (unpaired) electrons. The second-order valence-electron chi connectivity index (χ2n) is 5.79. The first-order valence-electron chi connectivity index (χ1n) is 6.79. The molecule has 1 aliphatic rings. The molecule has 0 amide bonds. The standard InChI is InChI=1S/C16H20N2/c1-16(8-4-5-9-16)15(17)14-11-18-10-12-6-2-3-7-13(12)14/h2-3,6-7,10-11,15H,4-5,8-9,17H2,1H3. The molecular weight excluding hydrogens is 220 g/mol. The minimum atomic E-state index is 0.0959. The molecule has 0 spiro atoms. The average Bonchev–Trinajstić information content (AvgIpc) is 2.85. The molecule has 1 aromatic carbocycles. The Hall–Kier alpha value is -1.41. The van der Waals surface area contributed by atoms with Gasteiger partial charge >= 0.3 is 0 Å². The van der Waals surface area contributed by atoms with Gasteiger partial charge in [0.15, 0.2) is 0 Å². The van der Waals surface area contributed by atoms with Gasteiger partial charge in [-0.1, -0.05) is 44.0 Å². The molecule has 2 heteroatoms. The van der Waals surface area contributed by atoms with Gasteiger partial charge in [-0.3, -0.25) is 4.98 Å². The van der Waals surface area contributed by atoms with E-state index in [-0.39, 0.29) is 11.5 Å². The summed E-state index contributed by atoms with van der Waals surface area (Å²) in [7, 11) is 0. The summed E-state index contributed by atoms with van der Waals surface area (Å²) in [6.07, 6.45) is 8.96. The molecule has 1 atom stereocenters. The Morgan fingerprint density at radius 1 is 1.17 bits per heavy atom. The van der Waals surface area contributed by atoms with E-state index in [4.69, 9.17) is 5.73 Å². The summed E-state index contributed by atoms with van der Waals surface area (Å²) in [5.74, 6) is 0. The predicted octanol–water partition coefficient (Wildman–Crippen LogP) is 3.81. The molecular formula is C16H20N2. The normalized spacial score (nSPS) is 20.1. The zero-order valence-electron chi connectivity index (χ0n) is 10.9. The van der Waals surface area contributed by atoms with Gasteiger partial charge in [0.25, 0.3) is 0 Å². The van der Waals surface area contributed by atoms with Crippen LogP contribution in [0.2, 0.25) is 0 Å². The van der Waals surface area contributed by atoms with Crippen molar-refractivity contribution in [2.75, 3.05) is 0 Å². The van der Waals surface area contributed by atoms with E-state index in [1.807, 2.05) is 12.4 Å². The summed E-state index contributed by atoms with van der Waals surface area (Å²) >= 11 is 0. The number of rotatable bonds is 2. The summed E-state index contributed by atoms with van der Waals surface area (Å²) in [5.41, 5.74) is 8.01. The predicted molar refractivity (Wildman–Crippen MR) is 75.2 cm³/mol. The summed E-state index contributed by atoms with van der Waals surface area (Å²) in [6, 6.07) is 8.49. The summed E-state index contributed by atoms with van der Waals surface area (Å²) in [4.78, 5) is 4.36. The molecule has 1 unspecified atom stereocenters. The van der Waals surface area contributed by atoms with Gasteiger partial charge in [0, 0.05) is 23.8 Å². The number of pyridine rings is 1. The molecule has 2 N–H and O–H groups in total. The van der Waals surface area contributed by atoms with E-state index < -0.39 is 0 Å². The number of hydrogen-bond donors (Lipinski definition) is 1. The van der Waals surface area contributed by atoms with Gasteiger partial charge < -0.3 is 5.73 Å². The van der Waals surface area contributed by atoms with E-state index >= 15 is 0 Å². The van der Waals surface area contributed by atoms with Gasteiger partial charge in [-0.15, -0.1) is 0 Å². The minimum Gasteiger partial charge on any atom is -0.323 e. The Morgan fingerprint density at radius 2 is 1.89 bits per heavy atom. The molecule has 2 nitrogen and oxygen atoms in total. The SMILES string of the molecule is CC1(C(N)c2cncc3ccccc23)CCCC1. The van der Waals surface area contributed by atoms with Crippen molar-refractivity contribution in [2.24, 2.45) is 11.1 Å². The van der Waals surface area contributed by atoms with Gasteiger partial charge in [-0.05, 0) is 29.2 Å². The smallest absolute Gasteiger partial charge is 0.0371 e. The lowest BCUT2D eigenvalue weighted by atomic mass is 9.77. The molecule has 0 saturated heterocycles. The van der Waals surface area contributed by atoms with Crippen molar-refractivity contribution < 1.29 is 0 Å². The molecule has 1 heterocycles. The Labute approximate surface area is 108 Å². The van der Waals surface area contributed by atoms with Gasteiger partial charge in [0.05, 0.1) is 0 Å². The number of fused-ring (bicyclic) bond motifs is 1. The zero-order chi connectivity index (χ0) is 12.6. The van der Waals surface area contributed by atoms with E-state index in [0.29, 0.717) is 0 Å². The molecule has 1 aliphatic carbocycles. The summed E-state index contributed by atoms with van der Waals surface area (Å²) < 4.78 is 0. The van der Waals surface area contributed by atoms with Crippen LogP contribution in [0, 0.1) is 5.41 Å². The maximum Gasteiger partial charge on any atom is 0.0371 e. The van der Waals surface area contributed by atoms with Crippen molar-refractivity contribution in [3.05, 3.63) is 42.2 Å². The van der Waals surface area contributed by atoms with Crippen LogP contribution < -0.4 is 5.73 Å². The van der Waals surface area contributed by atoms with Crippen LogP contribution in [-0.4, -0.2) is 4.98 Å². The maximum atomic E-state index is 6.56. The van der Waals surface area contributed by atoms with Crippen LogP contribution in [0.15, 0.2) is 36.7 Å². The zero-order valence-corrected chi connectivity index (χ0v) is 10.9. The van der Waals surface area contributed by atoms with Crippen molar-refractivity contribution >= 4 is 10.8 Å². The van der Waals surface area contributed by atoms with Gasteiger partial charge in [-0.2, -0.15) is 0 Å². The maximum absolute atomic E-state index is 6.56. The highest BCUT2D eigenvalue weighted by molar-refractivity contribution is 5.85. The second-order valence-corrected chi connectivity index (χ2v) is 5.79. The second kappa shape index (κ2) is 4.36. The highest BCUT2D eigenvalue weighted by atomic mass is 14.7. The Morgan fingerprint density at radius 3 is 2.67 bits per heavy atom. The molecule has 1 aromatic heterocycles. The topological polar surface area (TPSA) is 38.9 Å². The Kier molecular flexibility index (Phi) is 2.83. The molecule has 18 heavy (non-hydrogen) atoms. The van der Waals surface area contributed by atoms with Crippen LogP contribution in [0.4, 0.5) is 0 Å². The first-order chi connectivity index (χ1) is 8.71. The fourth-order valence-corrected chi connectivity index (χ4v) is 3.26. The summed E-state index contributed by atoms with van der Waals surface area (Å²) in [6.45, 7) is 2.33. The van der Waals surface area contributed by atoms with Gasteiger partial charge in [-0.25, -0.2) is 0 Å². The lowest BCUT2D eigenvalue weighted by Gasteiger charge is -2.32. The first kappa shape index (κ1) is 11.7. The molecule has 2 aromatic rings. The third kappa shape index (κ3) is 1.81. The minimum absolute atomic E-state index is 0.0959. The fourth-order valence-electron chi connectivity index (χ4n) is 3.26. The van der Waals surface area contributed by atoms with Crippen LogP contribution >= 0.6 is 0 Å². The molecule has 3 rings (SSSR count). The van der Waals surface area contributed by atoms with Crippen molar-refractivity contribution in [3.63, 3.8) is 0 Å². The highest BCUT2D eigenvalue weighted by Crippen LogP contribution is 2.46. The van der Waals surface area contributed by atoms with Gasteiger partial charge in [0.1, 0.15) is 0 Å².